The Morgan fingerprint density at radius 1 is 1.42 bits per heavy atom. The Labute approximate surface area is 149 Å². The predicted octanol–water partition coefficient (Wildman–Crippen LogP) is -0.270. The molecular formula is C17H21N5O4. The summed E-state index contributed by atoms with van der Waals surface area (Å²) in [6, 6.07) is 2.96. The van der Waals surface area contributed by atoms with Gasteiger partial charge < -0.3 is 24.5 Å². The summed E-state index contributed by atoms with van der Waals surface area (Å²) in [6.07, 6.45) is 2.84. The second-order valence-electron chi connectivity index (χ2n) is 6.23. The van der Waals surface area contributed by atoms with Gasteiger partial charge in [-0.1, -0.05) is 0 Å². The van der Waals surface area contributed by atoms with Crippen LogP contribution in [0.25, 0.3) is 0 Å². The Kier molecular flexibility index (Phi) is 5.17. The molecule has 1 aliphatic rings. The first-order chi connectivity index (χ1) is 12.4. The number of hydrogen-bond acceptors (Lipinski definition) is 6. The summed E-state index contributed by atoms with van der Waals surface area (Å²) in [5.74, 6) is 0.0357. The Morgan fingerprint density at radius 3 is 3.00 bits per heavy atom. The van der Waals surface area contributed by atoms with Gasteiger partial charge in [-0.3, -0.25) is 14.4 Å². The van der Waals surface area contributed by atoms with Crippen molar-refractivity contribution in [3.63, 3.8) is 0 Å². The molecule has 1 saturated heterocycles. The van der Waals surface area contributed by atoms with Crippen LogP contribution < -0.4 is 16.4 Å². The monoisotopic (exact) mass is 359 g/mol. The Balaban J connectivity index is 1.65. The number of carbonyl (C=O) groups excluding carboxylic acids is 1. The van der Waals surface area contributed by atoms with E-state index in [0.717, 1.165) is 0 Å². The molecule has 9 heteroatoms. The van der Waals surface area contributed by atoms with Gasteiger partial charge in [0, 0.05) is 56.4 Å². The van der Waals surface area contributed by atoms with E-state index in [2.05, 4.69) is 15.3 Å². The van der Waals surface area contributed by atoms with Crippen LogP contribution in [0.1, 0.15) is 16.1 Å². The zero-order chi connectivity index (χ0) is 18.7. The number of aromatic amines is 1. The van der Waals surface area contributed by atoms with Crippen molar-refractivity contribution in [1.29, 1.82) is 0 Å². The summed E-state index contributed by atoms with van der Waals surface area (Å²) in [5.41, 5.74) is 0.470. The highest BCUT2D eigenvalue weighted by atomic mass is 16.5. The number of ether oxygens (including phenoxy) is 1. The van der Waals surface area contributed by atoms with Crippen LogP contribution in [-0.2, 0) is 11.8 Å². The third kappa shape index (κ3) is 3.99. The molecule has 3 rings (SSSR count). The highest BCUT2D eigenvalue weighted by Gasteiger charge is 2.25. The van der Waals surface area contributed by atoms with Crippen LogP contribution >= 0.6 is 0 Å². The van der Waals surface area contributed by atoms with Crippen LogP contribution in [0.2, 0.25) is 0 Å². The number of H-pyrrole nitrogens is 1. The number of nitrogens with zero attached hydrogens (tertiary/aromatic N) is 3. The maximum atomic E-state index is 12.7. The maximum Gasteiger partial charge on any atom is 0.293 e. The third-order valence-electron chi connectivity index (χ3n) is 4.17. The Bertz CT molecular complexity index is 920. The number of aromatic nitrogens is 3. The summed E-state index contributed by atoms with van der Waals surface area (Å²) >= 11 is 0. The number of rotatable bonds is 4. The van der Waals surface area contributed by atoms with Crippen molar-refractivity contribution in [2.75, 3.05) is 31.6 Å². The number of hydrogen-bond donors (Lipinski definition) is 2. The van der Waals surface area contributed by atoms with Gasteiger partial charge in [0.2, 0.25) is 5.56 Å². The number of anilines is 1. The number of carbonyl (C=O) groups is 1. The van der Waals surface area contributed by atoms with Crippen molar-refractivity contribution in [1.82, 2.24) is 19.4 Å². The van der Waals surface area contributed by atoms with Crippen LogP contribution in [-0.4, -0.2) is 57.7 Å². The van der Waals surface area contributed by atoms with Crippen LogP contribution in [0.3, 0.4) is 0 Å². The lowest BCUT2D eigenvalue weighted by Gasteiger charge is -2.33. The number of nitrogens with one attached hydrogen (secondary N) is 2. The highest BCUT2D eigenvalue weighted by molar-refractivity contribution is 5.94. The van der Waals surface area contributed by atoms with Crippen molar-refractivity contribution >= 4 is 11.7 Å². The van der Waals surface area contributed by atoms with Crippen molar-refractivity contribution in [3.8, 4) is 0 Å². The van der Waals surface area contributed by atoms with Gasteiger partial charge in [0.1, 0.15) is 0 Å². The lowest BCUT2D eigenvalue weighted by Crippen LogP contribution is -2.48. The molecule has 26 heavy (non-hydrogen) atoms. The van der Waals surface area contributed by atoms with Gasteiger partial charge >= 0.3 is 0 Å². The SMILES string of the molecule is Cc1cc(C(=O)N2CCO[C@@H](CNc3nccn(C)c3=O)C2)cc(=O)[nH]1. The van der Waals surface area contributed by atoms with Crippen molar-refractivity contribution in [2.24, 2.45) is 7.05 Å². The van der Waals surface area contributed by atoms with E-state index >= 15 is 0 Å². The molecule has 2 N–H and O–H groups in total. The molecule has 0 unspecified atom stereocenters. The number of amides is 1. The van der Waals surface area contributed by atoms with Gasteiger partial charge in [-0.25, -0.2) is 4.98 Å². The normalized spacial score (nSPS) is 17.2. The first kappa shape index (κ1) is 17.9. The minimum absolute atomic E-state index is 0.207. The fourth-order valence-corrected chi connectivity index (χ4v) is 2.85. The second kappa shape index (κ2) is 7.52. The highest BCUT2D eigenvalue weighted by Crippen LogP contribution is 2.11. The fourth-order valence-electron chi connectivity index (χ4n) is 2.85. The molecule has 3 heterocycles. The van der Waals surface area contributed by atoms with E-state index in [1.54, 1.807) is 31.1 Å². The standard InChI is InChI=1S/C17H21N5O4/c1-11-7-12(8-14(23)20-11)16(24)22-5-6-26-13(10-22)9-19-15-17(25)21(2)4-3-18-15/h3-4,7-8,13H,5-6,9-10H2,1-2H3,(H,18,19)(H,20,23)/t13-/m0/s1. The third-order valence-corrected chi connectivity index (χ3v) is 4.17. The molecule has 1 atom stereocenters. The summed E-state index contributed by atoms with van der Waals surface area (Å²) in [5, 5.41) is 2.98. The summed E-state index contributed by atoms with van der Waals surface area (Å²) in [7, 11) is 1.65. The van der Waals surface area contributed by atoms with Gasteiger partial charge in [-0.05, 0) is 13.0 Å². The second-order valence-corrected chi connectivity index (χ2v) is 6.23. The molecule has 1 amide bonds. The van der Waals surface area contributed by atoms with E-state index in [4.69, 9.17) is 4.74 Å². The zero-order valence-electron chi connectivity index (χ0n) is 14.7. The van der Waals surface area contributed by atoms with E-state index in [1.807, 2.05) is 0 Å². The van der Waals surface area contributed by atoms with Gasteiger partial charge in [0.25, 0.3) is 11.5 Å². The molecular weight excluding hydrogens is 338 g/mol. The summed E-state index contributed by atoms with van der Waals surface area (Å²) < 4.78 is 7.11. The first-order valence-corrected chi connectivity index (χ1v) is 8.31. The van der Waals surface area contributed by atoms with Gasteiger partial charge in [-0.2, -0.15) is 0 Å². The van der Waals surface area contributed by atoms with E-state index in [0.29, 0.717) is 37.5 Å². The average Bonchev–Trinajstić information content (AvgIpc) is 2.62. The molecule has 2 aromatic rings. The molecule has 0 aromatic carbocycles. The fraction of sp³-hybridized carbons (Fsp3) is 0.412. The Morgan fingerprint density at radius 2 is 2.23 bits per heavy atom. The number of morpholine rings is 1. The van der Waals surface area contributed by atoms with Crippen LogP contribution in [0.4, 0.5) is 5.82 Å². The van der Waals surface area contributed by atoms with Crippen LogP contribution in [0, 0.1) is 6.92 Å². The number of pyridine rings is 1. The maximum absolute atomic E-state index is 12.7. The van der Waals surface area contributed by atoms with Gasteiger partial charge in [-0.15, -0.1) is 0 Å². The van der Waals surface area contributed by atoms with Crippen LogP contribution in [0.5, 0.6) is 0 Å². The van der Waals surface area contributed by atoms with E-state index < -0.39 is 0 Å². The summed E-state index contributed by atoms with van der Waals surface area (Å²) in [6.45, 7) is 3.29. The molecule has 9 nitrogen and oxygen atoms in total. The molecule has 1 aliphatic heterocycles. The minimum atomic E-state index is -0.300. The van der Waals surface area contributed by atoms with Crippen molar-refractivity contribution < 1.29 is 9.53 Å². The van der Waals surface area contributed by atoms with E-state index in [-0.39, 0.29) is 28.9 Å². The first-order valence-electron chi connectivity index (χ1n) is 8.31. The molecule has 2 aromatic heterocycles. The topological polar surface area (TPSA) is 109 Å². The lowest BCUT2D eigenvalue weighted by atomic mass is 10.1. The minimum Gasteiger partial charge on any atom is -0.373 e. The van der Waals surface area contributed by atoms with Gasteiger partial charge in [0.05, 0.1) is 12.7 Å². The van der Waals surface area contributed by atoms with E-state index in [9.17, 15) is 14.4 Å². The largest absolute Gasteiger partial charge is 0.373 e. The molecule has 0 spiro atoms. The zero-order valence-corrected chi connectivity index (χ0v) is 14.7. The van der Waals surface area contributed by atoms with Crippen molar-refractivity contribution in [3.05, 3.63) is 56.5 Å². The summed E-state index contributed by atoms with van der Waals surface area (Å²) in [4.78, 5) is 44.5. The Hall–Kier alpha value is -2.94. The molecule has 0 bridgehead atoms. The predicted molar refractivity (Wildman–Crippen MR) is 95.4 cm³/mol. The molecule has 0 radical (unpaired) electrons. The quantitative estimate of drug-likeness (QED) is 0.778. The number of aryl methyl sites for hydroxylation is 2. The lowest BCUT2D eigenvalue weighted by molar-refractivity contribution is -0.0150. The molecule has 1 fully saturated rings. The van der Waals surface area contributed by atoms with Gasteiger partial charge in [0.15, 0.2) is 5.82 Å². The molecule has 0 saturated carbocycles. The van der Waals surface area contributed by atoms with Crippen LogP contribution in [0.15, 0.2) is 34.1 Å². The van der Waals surface area contributed by atoms with E-state index in [1.165, 1.54) is 16.8 Å². The molecule has 0 aliphatic carbocycles. The van der Waals surface area contributed by atoms with Crippen molar-refractivity contribution in [2.45, 2.75) is 13.0 Å². The molecule has 138 valence electrons. The smallest absolute Gasteiger partial charge is 0.293 e. The average molecular weight is 359 g/mol.